The van der Waals surface area contributed by atoms with E-state index in [1.165, 1.54) is 24.8 Å². The van der Waals surface area contributed by atoms with E-state index in [2.05, 4.69) is 38.2 Å². The highest BCUT2D eigenvalue weighted by Gasteiger charge is 2.16. The molecule has 0 saturated carbocycles. The lowest BCUT2D eigenvalue weighted by Crippen LogP contribution is -2.33. The lowest BCUT2D eigenvalue weighted by molar-refractivity contribution is -0.127. The number of hydrogen-bond acceptors (Lipinski definition) is 4. The van der Waals surface area contributed by atoms with E-state index in [1.807, 2.05) is 48.5 Å². The molecular weight excluding hydrogens is 388 g/mol. The number of benzene rings is 2. The van der Waals surface area contributed by atoms with Gasteiger partial charge in [0.05, 0.1) is 12.8 Å². The van der Waals surface area contributed by atoms with Crippen LogP contribution in [0.5, 0.6) is 11.5 Å². The fraction of sp³-hybridized carbons (Fsp3) is 0.462. The largest absolute Gasteiger partial charge is 0.494 e. The van der Waals surface area contributed by atoms with Gasteiger partial charge in [0.25, 0.3) is 5.91 Å². The normalized spacial score (nSPS) is 12.5. The monoisotopic (exact) mass is 424 g/mol. The van der Waals surface area contributed by atoms with E-state index in [0.717, 1.165) is 24.3 Å². The molecule has 1 unspecified atom stereocenters. The van der Waals surface area contributed by atoms with Gasteiger partial charge in [-0.3, -0.25) is 4.79 Å². The van der Waals surface area contributed by atoms with Gasteiger partial charge in [0, 0.05) is 0 Å². The molecule has 2 aromatic rings. The van der Waals surface area contributed by atoms with E-state index in [-0.39, 0.29) is 11.3 Å². The topological polar surface area (TPSA) is 59.9 Å². The molecule has 0 bridgehead atoms. The van der Waals surface area contributed by atoms with Gasteiger partial charge in [-0.2, -0.15) is 5.10 Å². The quantitative estimate of drug-likeness (QED) is 0.279. The summed E-state index contributed by atoms with van der Waals surface area (Å²) in [6.07, 6.45) is 5.70. The summed E-state index contributed by atoms with van der Waals surface area (Å²) in [5.74, 6) is 1.20. The fourth-order valence-corrected chi connectivity index (χ4v) is 2.92. The number of hydrogen-bond donors (Lipinski definition) is 1. The standard InChI is InChI=1S/C26H36N2O3/c1-6-7-8-9-18-30-23-14-10-21(11-15-23)19-27-28-25(29)20(2)31-24-16-12-22(13-17-24)26(3,4)5/h10-17,19-20H,6-9,18H2,1-5H3,(H,28,29)/b27-19+. The number of nitrogens with one attached hydrogen (secondary N) is 1. The van der Waals surface area contributed by atoms with Crippen molar-refractivity contribution in [3.8, 4) is 11.5 Å². The second-order valence-corrected chi connectivity index (χ2v) is 8.75. The van der Waals surface area contributed by atoms with Crippen LogP contribution in [0, 0.1) is 0 Å². The Morgan fingerprint density at radius 3 is 2.26 bits per heavy atom. The molecule has 2 aromatic carbocycles. The lowest BCUT2D eigenvalue weighted by Gasteiger charge is -2.19. The molecule has 0 aliphatic carbocycles. The zero-order chi connectivity index (χ0) is 22.7. The highest BCUT2D eigenvalue weighted by Crippen LogP contribution is 2.24. The number of hydrazone groups is 1. The first-order valence-corrected chi connectivity index (χ1v) is 11.1. The van der Waals surface area contributed by atoms with E-state index in [4.69, 9.17) is 9.47 Å². The van der Waals surface area contributed by atoms with Crippen molar-refractivity contribution >= 4 is 12.1 Å². The Morgan fingerprint density at radius 1 is 1.00 bits per heavy atom. The van der Waals surface area contributed by atoms with Crippen LogP contribution in [0.1, 0.15) is 71.4 Å². The number of carbonyl (C=O) groups excluding carboxylic acids is 1. The molecular formula is C26H36N2O3. The predicted octanol–water partition coefficient (Wildman–Crippen LogP) is 5.86. The molecule has 0 aliphatic heterocycles. The van der Waals surface area contributed by atoms with Crippen molar-refractivity contribution in [3.63, 3.8) is 0 Å². The highest BCUT2D eigenvalue weighted by atomic mass is 16.5. The van der Waals surface area contributed by atoms with Gasteiger partial charge in [-0.25, -0.2) is 5.43 Å². The molecule has 1 atom stereocenters. The van der Waals surface area contributed by atoms with Gasteiger partial charge >= 0.3 is 0 Å². The Kier molecular flexibility index (Phi) is 9.57. The SMILES string of the molecule is CCCCCCOc1ccc(/C=N/NC(=O)C(C)Oc2ccc(C(C)(C)C)cc2)cc1. The summed E-state index contributed by atoms with van der Waals surface area (Å²) in [6, 6.07) is 15.5. The first-order valence-electron chi connectivity index (χ1n) is 11.1. The van der Waals surface area contributed by atoms with E-state index in [0.29, 0.717) is 5.75 Å². The lowest BCUT2D eigenvalue weighted by atomic mass is 9.87. The van der Waals surface area contributed by atoms with Crippen molar-refractivity contribution < 1.29 is 14.3 Å². The van der Waals surface area contributed by atoms with E-state index in [1.54, 1.807) is 13.1 Å². The average molecular weight is 425 g/mol. The number of nitrogens with zero attached hydrogens (tertiary/aromatic N) is 1. The third kappa shape index (κ3) is 8.83. The molecule has 0 aromatic heterocycles. The van der Waals surface area contributed by atoms with Gasteiger partial charge in [-0.1, -0.05) is 59.1 Å². The van der Waals surface area contributed by atoms with Crippen LogP contribution in [0.3, 0.4) is 0 Å². The van der Waals surface area contributed by atoms with Crippen molar-refractivity contribution in [2.45, 2.75) is 71.8 Å². The van der Waals surface area contributed by atoms with Gasteiger partial charge in [0.1, 0.15) is 11.5 Å². The number of ether oxygens (including phenoxy) is 2. The van der Waals surface area contributed by atoms with Crippen molar-refractivity contribution in [2.75, 3.05) is 6.61 Å². The molecule has 0 radical (unpaired) electrons. The molecule has 1 amide bonds. The Balaban J connectivity index is 1.76. The summed E-state index contributed by atoms with van der Waals surface area (Å²) >= 11 is 0. The van der Waals surface area contributed by atoms with E-state index >= 15 is 0 Å². The van der Waals surface area contributed by atoms with Gasteiger partial charge in [-0.15, -0.1) is 0 Å². The molecule has 2 rings (SSSR count). The third-order valence-corrected chi connectivity index (χ3v) is 4.94. The van der Waals surface area contributed by atoms with Crippen LogP contribution >= 0.6 is 0 Å². The van der Waals surface area contributed by atoms with Crippen LogP contribution in [-0.4, -0.2) is 24.8 Å². The van der Waals surface area contributed by atoms with E-state index < -0.39 is 6.10 Å². The fourth-order valence-electron chi connectivity index (χ4n) is 2.92. The zero-order valence-corrected chi connectivity index (χ0v) is 19.5. The molecule has 5 heteroatoms. The first-order chi connectivity index (χ1) is 14.8. The van der Waals surface area contributed by atoms with Crippen LogP contribution < -0.4 is 14.9 Å². The maximum absolute atomic E-state index is 12.2. The Bertz CT molecular complexity index is 821. The van der Waals surface area contributed by atoms with Gasteiger partial charge in [0.15, 0.2) is 6.10 Å². The van der Waals surface area contributed by atoms with Crippen LogP contribution in [0.4, 0.5) is 0 Å². The van der Waals surface area contributed by atoms with E-state index in [9.17, 15) is 4.79 Å². The summed E-state index contributed by atoms with van der Waals surface area (Å²) in [4.78, 5) is 12.2. The second-order valence-electron chi connectivity index (χ2n) is 8.75. The van der Waals surface area contributed by atoms with Crippen LogP contribution in [0.15, 0.2) is 53.6 Å². The predicted molar refractivity (Wildman–Crippen MR) is 127 cm³/mol. The number of rotatable bonds is 11. The van der Waals surface area contributed by atoms with Crippen molar-refractivity contribution in [1.29, 1.82) is 0 Å². The molecule has 31 heavy (non-hydrogen) atoms. The third-order valence-electron chi connectivity index (χ3n) is 4.94. The number of amides is 1. The molecule has 0 fully saturated rings. The summed E-state index contributed by atoms with van der Waals surface area (Å²) < 4.78 is 11.5. The van der Waals surface area contributed by atoms with Crippen molar-refractivity contribution in [1.82, 2.24) is 5.43 Å². The smallest absolute Gasteiger partial charge is 0.280 e. The van der Waals surface area contributed by atoms with Crippen LogP contribution in [-0.2, 0) is 10.2 Å². The Labute approximate surface area is 186 Å². The molecule has 0 spiro atoms. The molecule has 0 saturated heterocycles. The summed E-state index contributed by atoms with van der Waals surface area (Å²) in [6.45, 7) is 11.1. The van der Waals surface area contributed by atoms with Gasteiger partial charge in [-0.05, 0) is 66.3 Å². The minimum Gasteiger partial charge on any atom is -0.494 e. The Hall–Kier alpha value is -2.82. The summed E-state index contributed by atoms with van der Waals surface area (Å²) in [5.41, 5.74) is 4.70. The summed E-state index contributed by atoms with van der Waals surface area (Å²) in [5, 5.41) is 4.03. The number of carbonyl (C=O) groups is 1. The molecule has 0 heterocycles. The first kappa shape index (κ1) is 24.4. The van der Waals surface area contributed by atoms with Crippen molar-refractivity contribution in [3.05, 3.63) is 59.7 Å². The maximum atomic E-state index is 12.2. The molecule has 0 aliphatic rings. The van der Waals surface area contributed by atoms with Gasteiger partial charge in [0.2, 0.25) is 0 Å². The maximum Gasteiger partial charge on any atom is 0.280 e. The van der Waals surface area contributed by atoms with Crippen LogP contribution in [0.25, 0.3) is 0 Å². The van der Waals surface area contributed by atoms with Crippen molar-refractivity contribution in [2.24, 2.45) is 5.10 Å². The number of unbranched alkanes of at least 4 members (excludes halogenated alkanes) is 3. The average Bonchev–Trinajstić information content (AvgIpc) is 2.74. The second kappa shape index (κ2) is 12.1. The molecule has 5 nitrogen and oxygen atoms in total. The Morgan fingerprint density at radius 2 is 1.65 bits per heavy atom. The highest BCUT2D eigenvalue weighted by molar-refractivity contribution is 5.84. The molecule has 1 N–H and O–H groups in total. The minimum absolute atomic E-state index is 0.0786. The van der Waals surface area contributed by atoms with Crippen LogP contribution in [0.2, 0.25) is 0 Å². The van der Waals surface area contributed by atoms with Gasteiger partial charge < -0.3 is 9.47 Å². The summed E-state index contributed by atoms with van der Waals surface area (Å²) in [7, 11) is 0. The minimum atomic E-state index is -0.652. The molecule has 168 valence electrons. The zero-order valence-electron chi connectivity index (χ0n) is 19.5.